The van der Waals surface area contributed by atoms with Gasteiger partial charge in [-0.15, -0.1) is 0 Å². The summed E-state index contributed by atoms with van der Waals surface area (Å²) in [6.07, 6.45) is 7.67. The van der Waals surface area contributed by atoms with E-state index in [9.17, 15) is 4.79 Å². The highest BCUT2D eigenvalue weighted by Crippen LogP contribution is 2.09. The molecule has 0 radical (unpaired) electrons. The quantitative estimate of drug-likeness (QED) is 0.507. The molecule has 14 heavy (non-hydrogen) atoms. The number of allylic oxidation sites excluding steroid dienone is 3. The highest BCUT2D eigenvalue weighted by atomic mass is 16.4. The minimum absolute atomic E-state index is 0.264. The second kappa shape index (κ2) is 7.33. The number of carboxylic acids is 1. The van der Waals surface area contributed by atoms with Gasteiger partial charge in [-0.1, -0.05) is 25.2 Å². The Balaban J connectivity index is 3.70. The van der Waals surface area contributed by atoms with E-state index in [0.29, 0.717) is 5.92 Å². The molecule has 0 aliphatic heterocycles. The van der Waals surface area contributed by atoms with E-state index < -0.39 is 5.97 Å². The molecule has 2 N–H and O–H groups in total. The van der Waals surface area contributed by atoms with Gasteiger partial charge in [0, 0.05) is 6.08 Å². The van der Waals surface area contributed by atoms with Crippen molar-refractivity contribution in [3.63, 3.8) is 0 Å². The van der Waals surface area contributed by atoms with Crippen LogP contribution in [0.3, 0.4) is 0 Å². The predicted octanol–water partition coefficient (Wildman–Crippen LogP) is 1.98. The average Bonchev–Trinajstić information content (AvgIpc) is 2.08. The molecule has 0 aromatic heterocycles. The zero-order chi connectivity index (χ0) is 11.0. The van der Waals surface area contributed by atoms with Gasteiger partial charge in [-0.05, 0) is 25.7 Å². The summed E-state index contributed by atoms with van der Waals surface area (Å²) >= 11 is 0. The summed E-state index contributed by atoms with van der Waals surface area (Å²) in [5, 5.41) is 17.3. The molecule has 0 amide bonds. The summed E-state index contributed by atoms with van der Waals surface area (Å²) in [7, 11) is 0. The molecular formula is C11H18O3. The molecule has 2 atom stereocenters. The van der Waals surface area contributed by atoms with Crippen molar-refractivity contribution in [1.29, 1.82) is 0 Å². The maximum Gasteiger partial charge on any atom is 0.328 e. The Morgan fingerprint density at radius 3 is 2.43 bits per heavy atom. The Bertz CT molecular complexity index is 217. The van der Waals surface area contributed by atoms with Gasteiger partial charge in [-0.2, -0.15) is 0 Å². The fourth-order valence-electron chi connectivity index (χ4n) is 0.992. The second-order valence-electron chi connectivity index (χ2n) is 3.49. The monoisotopic (exact) mass is 198 g/mol. The van der Waals surface area contributed by atoms with Crippen LogP contribution < -0.4 is 0 Å². The number of aliphatic hydroxyl groups excluding tert-OH is 1. The lowest BCUT2D eigenvalue weighted by molar-refractivity contribution is -0.131. The van der Waals surface area contributed by atoms with E-state index in [4.69, 9.17) is 10.2 Å². The normalized spacial score (nSPS) is 16.2. The Hall–Kier alpha value is -1.09. The van der Waals surface area contributed by atoms with E-state index in [1.54, 1.807) is 13.0 Å². The zero-order valence-corrected chi connectivity index (χ0v) is 8.68. The first-order valence-electron chi connectivity index (χ1n) is 4.78. The molecule has 3 heteroatoms. The maximum absolute atomic E-state index is 10.1. The van der Waals surface area contributed by atoms with E-state index in [1.807, 2.05) is 13.0 Å². The molecule has 0 fully saturated rings. The van der Waals surface area contributed by atoms with Crippen LogP contribution in [0.4, 0.5) is 0 Å². The summed E-state index contributed by atoms with van der Waals surface area (Å²) < 4.78 is 0. The van der Waals surface area contributed by atoms with Crippen LogP contribution in [0.25, 0.3) is 0 Å². The fraction of sp³-hybridized carbons (Fsp3) is 0.545. The third-order valence-electron chi connectivity index (χ3n) is 1.83. The first-order valence-corrected chi connectivity index (χ1v) is 4.78. The summed E-state index contributed by atoms with van der Waals surface area (Å²) in [5.74, 6) is -0.575. The molecule has 3 nitrogen and oxygen atoms in total. The highest BCUT2D eigenvalue weighted by molar-refractivity contribution is 5.80. The first kappa shape index (κ1) is 12.9. The minimum atomic E-state index is -0.939. The standard InChI is InChI=1S/C11H18O3/c1-9(7-8-10(2)12)5-3-4-6-11(13)14/h3-6,9-10,12H,7-8H2,1-2H3,(H,13,14)/b5-3+,6-4-/t9-,10+/m0/s1. The number of hydrogen-bond acceptors (Lipinski definition) is 2. The fourth-order valence-corrected chi connectivity index (χ4v) is 0.992. The molecule has 0 aromatic rings. The van der Waals surface area contributed by atoms with Gasteiger partial charge in [-0.25, -0.2) is 4.79 Å². The summed E-state index contributed by atoms with van der Waals surface area (Å²) in [6.45, 7) is 3.80. The number of carbonyl (C=O) groups is 1. The van der Waals surface area contributed by atoms with Crippen LogP contribution in [-0.2, 0) is 4.79 Å². The zero-order valence-electron chi connectivity index (χ0n) is 8.68. The number of hydrogen-bond donors (Lipinski definition) is 2. The summed E-state index contributed by atoms with van der Waals surface area (Å²) in [5.41, 5.74) is 0. The predicted molar refractivity (Wildman–Crippen MR) is 56.0 cm³/mol. The van der Waals surface area contributed by atoms with Crippen LogP contribution in [0.1, 0.15) is 26.7 Å². The second-order valence-corrected chi connectivity index (χ2v) is 3.49. The smallest absolute Gasteiger partial charge is 0.328 e. The van der Waals surface area contributed by atoms with Crippen LogP contribution in [0.5, 0.6) is 0 Å². The van der Waals surface area contributed by atoms with Crippen molar-refractivity contribution in [3.05, 3.63) is 24.3 Å². The van der Waals surface area contributed by atoms with Crippen molar-refractivity contribution < 1.29 is 15.0 Å². The van der Waals surface area contributed by atoms with Crippen LogP contribution in [0.15, 0.2) is 24.3 Å². The van der Waals surface area contributed by atoms with Crippen LogP contribution in [-0.4, -0.2) is 22.3 Å². The molecule has 0 unspecified atom stereocenters. The van der Waals surface area contributed by atoms with Crippen molar-refractivity contribution in [2.24, 2.45) is 5.92 Å². The SMILES string of the molecule is C[C@@H](O)CC[C@@H](C)/C=C/C=C\C(=O)O. The molecule has 0 bridgehead atoms. The van der Waals surface area contributed by atoms with E-state index >= 15 is 0 Å². The molecule has 0 spiro atoms. The van der Waals surface area contributed by atoms with Crippen molar-refractivity contribution in [2.45, 2.75) is 32.8 Å². The number of carboxylic acid groups (broad SMARTS) is 1. The molecular weight excluding hydrogens is 180 g/mol. The molecule has 0 saturated heterocycles. The van der Waals surface area contributed by atoms with Gasteiger partial charge in [0.15, 0.2) is 0 Å². The van der Waals surface area contributed by atoms with Gasteiger partial charge in [0.25, 0.3) is 0 Å². The third-order valence-corrected chi connectivity index (χ3v) is 1.83. The number of aliphatic carboxylic acids is 1. The topological polar surface area (TPSA) is 57.5 Å². The van der Waals surface area contributed by atoms with E-state index in [0.717, 1.165) is 18.9 Å². The lowest BCUT2D eigenvalue weighted by atomic mass is 10.0. The lowest BCUT2D eigenvalue weighted by Crippen LogP contribution is -2.01. The molecule has 0 aliphatic rings. The Labute approximate surface area is 84.8 Å². The lowest BCUT2D eigenvalue weighted by Gasteiger charge is -2.06. The van der Waals surface area contributed by atoms with Gasteiger partial charge in [0.05, 0.1) is 6.10 Å². The van der Waals surface area contributed by atoms with Gasteiger partial charge < -0.3 is 10.2 Å². The highest BCUT2D eigenvalue weighted by Gasteiger charge is 1.99. The van der Waals surface area contributed by atoms with E-state index in [2.05, 4.69) is 0 Å². The van der Waals surface area contributed by atoms with Crippen molar-refractivity contribution in [1.82, 2.24) is 0 Å². The van der Waals surface area contributed by atoms with Gasteiger partial charge in [0.1, 0.15) is 0 Å². The minimum Gasteiger partial charge on any atom is -0.478 e. The van der Waals surface area contributed by atoms with Crippen LogP contribution in [0.2, 0.25) is 0 Å². The number of rotatable bonds is 6. The van der Waals surface area contributed by atoms with E-state index in [-0.39, 0.29) is 6.10 Å². The van der Waals surface area contributed by atoms with Crippen molar-refractivity contribution >= 4 is 5.97 Å². The Morgan fingerprint density at radius 1 is 1.29 bits per heavy atom. The van der Waals surface area contributed by atoms with Gasteiger partial charge >= 0.3 is 5.97 Å². The van der Waals surface area contributed by atoms with Crippen LogP contribution >= 0.6 is 0 Å². The van der Waals surface area contributed by atoms with Crippen LogP contribution in [0, 0.1) is 5.92 Å². The molecule has 0 aromatic carbocycles. The molecule has 0 saturated carbocycles. The van der Waals surface area contributed by atoms with Crippen molar-refractivity contribution in [2.75, 3.05) is 0 Å². The summed E-state index contributed by atoms with van der Waals surface area (Å²) in [6, 6.07) is 0. The summed E-state index contributed by atoms with van der Waals surface area (Å²) in [4.78, 5) is 10.1. The third kappa shape index (κ3) is 9.00. The maximum atomic E-state index is 10.1. The van der Waals surface area contributed by atoms with Crippen molar-refractivity contribution in [3.8, 4) is 0 Å². The molecule has 0 heterocycles. The molecule has 80 valence electrons. The Morgan fingerprint density at radius 2 is 1.93 bits per heavy atom. The largest absolute Gasteiger partial charge is 0.478 e. The van der Waals surface area contributed by atoms with E-state index in [1.165, 1.54) is 6.08 Å². The average molecular weight is 198 g/mol. The number of aliphatic hydroxyl groups is 1. The van der Waals surface area contributed by atoms with Gasteiger partial charge in [-0.3, -0.25) is 0 Å². The molecule has 0 rings (SSSR count). The van der Waals surface area contributed by atoms with Gasteiger partial charge in [0.2, 0.25) is 0 Å². The Kier molecular flexibility index (Phi) is 6.76. The first-order chi connectivity index (χ1) is 6.52. The molecule has 0 aliphatic carbocycles.